The standard InChI is InChI=1S/C73H70BN3/c1-69(2,3)53-34-38-62(56(42-53)51-27-17-12-18-28-51)76-65-46-59-58(70(4,5)47-71(59,6)7)45-61(65)74-60-41-52(49-25-15-11-16-26-49)33-37-64(60)75(54-35-31-50(32-36-54)48-23-13-10-14-24-48)66-43-55(44-67(76)68(66)74)77-63-30-20-19-29-57(63)72(8)39-21-22-40-73(72,77)9/h10-20,23-38,41-46H,21-22,39-40,47H2,1-9H3. The van der Waals surface area contributed by atoms with Gasteiger partial charge in [0.25, 0.3) is 6.71 Å². The molecule has 1 fully saturated rings. The van der Waals surface area contributed by atoms with Crippen molar-refractivity contribution in [2.75, 3.05) is 14.7 Å². The molecule has 0 aromatic heterocycles. The van der Waals surface area contributed by atoms with Crippen LogP contribution in [0.15, 0.2) is 200 Å². The van der Waals surface area contributed by atoms with Crippen LogP contribution in [0.3, 0.4) is 0 Å². The Balaban J connectivity index is 1.13. The van der Waals surface area contributed by atoms with Crippen LogP contribution in [0.2, 0.25) is 0 Å². The van der Waals surface area contributed by atoms with Crippen LogP contribution in [0.25, 0.3) is 33.4 Å². The topological polar surface area (TPSA) is 9.72 Å². The molecule has 0 spiro atoms. The van der Waals surface area contributed by atoms with Crippen LogP contribution >= 0.6 is 0 Å². The van der Waals surface area contributed by atoms with Crippen molar-refractivity contribution in [3.8, 4) is 33.4 Å². The summed E-state index contributed by atoms with van der Waals surface area (Å²) in [6.45, 7) is 22.1. The molecule has 0 bridgehead atoms. The van der Waals surface area contributed by atoms with Crippen LogP contribution in [-0.2, 0) is 21.7 Å². The lowest BCUT2D eigenvalue weighted by atomic mass is 9.33. The molecule has 4 heteroatoms. The third-order valence-electron chi connectivity index (χ3n) is 19.3. The molecule has 3 aliphatic heterocycles. The van der Waals surface area contributed by atoms with E-state index in [1.54, 1.807) is 0 Å². The molecule has 2 atom stereocenters. The normalized spacial score (nSPS) is 20.2. The van der Waals surface area contributed by atoms with E-state index in [0.717, 1.165) is 18.5 Å². The van der Waals surface area contributed by atoms with E-state index in [1.807, 2.05) is 0 Å². The Morgan fingerprint density at radius 2 is 0.948 bits per heavy atom. The van der Waals surface area contributed by atoms with E-state index < -0.39 is 0 Å². The number of hydrogen-bond acceptors (Lipinski definition) is 3. The summed E-state index contributed by atoms with van der Waals surface area (Å²) in [5.74, 6) is 0. The maximum Gasteiger partial charge on any atom is 0.252 e. The Labute approximate surface area is 458 Å². The van der Waals surface area contributed by atoms with Gasteiger partial charge < -0.3 is 14.7 Å². The predicted molar refractivity (Wildman–Crippen MR) is 329 cm³/mol. The van der Waals surface area contributed by atoms with Gasteiger partial charge in [-0.15, -0.1) is 0 Å². The first-order chi connectivity index (χ1) is 37.0. The molecule has 0 amide bonds. The summed E-state index contributed by atoms with van der Waals surface area (Å²) in [7, 11) is 0. The third-order valence-corrected chi connectivity index (χ3v) is 19.3. The zero-order valence-electron chi connectivity index (χ0n) is 46.5. The molecule has 0 N–H and O–H groups in total. The van der Waals surface area contributed by atoms with E-state index in [4.69, 9.17) is 0 Å². The van der Waals surface area contributed by atoms with E-state index in [1.165, 1.54) is 131 Å². The van der Waals surface area contributed by atoms with Gasteiger partial charge in [0.05, 0.1) is 11.2 Å². The molecule has 380 valence electrons. The molecule has 0 saturated heterocycles. The first kappa shape index (κ1) is 47.9. The fourth-order valence-electron chi connectivity index (χ4n) is 15.5. The molecular formula is C73H70BN3. The van der Waals surface area contributed by atoms with Gasteiger partial charge in [0.1, 0.15) is 0 Å². The van der Waals surface area contributed by atoms with Gasteiger partial charge in [-0.05, 0) is 163 Å². The molecule has 2 unspecified atom stereocenters. The van der Waals surface area contributed by atoms with Crippen molar-refractivity contribution in [2.45, 2.75) is 122 Å². The van der Waals surface area contributed by atoms with Crippen molar-refractivity contribution in [3.63, 3.8) is 0 Å². The summed E-state index contributed by atoms with van der Waals surface area (Å²) < 4.78 is 0. The van der Waals surface area contributed by atoms with Gasteiger partial charge in [-0.25, -0.2) is 0 Å². The Hall–Kier alpha value is -7.56. The summed E-state index contributed by atoms with van der Waals surface area (Å²) in [4.78, 5) is 8.17. The third kappa shape index (κ3) is 7.16. The van der Waals surface area contributed by atoms with Crippen LogP contribution in [0.4, 0.5) is 45.5 Å². The van der Waals surface area contributed by atoms with Crippen molar-refractivity contribution in [1.29, 1.82) is 0 Å². The van der Waals surface area contributed by atoms with Crippen LogP contribution in [0, 0.1) is 0 Å². The van der Waals surface area contributed by atoms with Crippen LogP contribution in [-0.4, -0.2) is 12.3 Å². The van der Waals surface area contributed by atoms with Gasteiger partial charge in [-0.2, -0.15) is 0 Å². The number of hydrogen-bond donors (Lipinski definition) is 0. The van der Waals surface area contributed by atoms with Crippen LogP contribution in [0.5, 0.6) is 0 Å². The number of fused-ring (bicyclic) bond motifs is 8. The minimum Gasteiger partial charge on any atom is -0.334 e. The van der Waals surface area contributed by atoms with E-state index in [-0.39, 0.29) is 33.9 Å². The lowest BCUT2D eigenvalue weighted by Crippen LogP contribution is -2.62. The molecule has 5 aliphatic rings. The van der Waals surface area contributed by atoms with Crippen molar-refractivity contribution in [3.05, 3.63) is 222 Å². The van der Waals surface area contributed by atoms with E-state index >= 15 is 0 Å². The maximum absolute atomic E-state index is 2.81. The highest BCUT2D eigenvalue weighted by Gasteiger charge is 2.58. The Kier molecular flexibility index (Phi) is 10.5. The van der Waals surface area contributed by atoms with Gasteiger partial charge in [0, 0.05) is 50.8 Å². The first-order valence-electron chi connectivity index (χ1n) is 28.5. The van der Waals surface area contributed by atoms with E-state index in [2.05, 4.69) is 277 Å². The monoisotopic (exact) mass is 1000 g/mol. The van der Waals surface area contributed by atoms with Gasteiger partial charge >= 0.3 is 0 Å². The fraction of sp³-hybridized carbons (Fsp3) is 0.260. The highest BCUT2D eigenvalue weighted by molar-refractivity contribution is 7.00. The molecule has 9 aromatic rings. The fourth-order valence-corrected chi connectivity index (χ4v) is 15.5. The van der Waals surface area contributed by atoms with Crippen LogP contribution < -0.4 is 31.1 Å². The van der Waals surface area contributed by atoms with Gasteiger partial charge in [0.15, 0.2) is 0 Å². The zero-order valence-corrected chi connectivity index (χ0v) is 46.5. The second kappa shape index (κ2) is 17.0. The van der Waals surface area contributed by atoms with Crippen molar-refractivity contribution < 1.29 is 0 Å². The molecule has 0 radical (unpaired) electrons. The SMILES string of the molecule is CC(C)(C)c1ccc(N2c3cc4c(cc3B3c5cc(-c6ccccc6)ccc5N(c5ccc(-c6ccccc6)cc5)c5cc(N6c7ccccc7C7(C)CCCCC67C)cc2c53)C(C)(C)CC4(C)C)c(-c2ccccc2)c1. The van der Waals surface area contributed by atoms with Crippen molar-refractivity contribution in [2.24, 2.45) is 0 Å². The zero-order chi connectivity index (χ0) is 52.8. The number of para-hydroxylation sites is 1. The summed E-state index contributed by atoms with van der Waals surface area (Å²) >= 11 is 0. The molecule has 2 aliphatic carbocycles. The molecule has 9 aromatic carbocycles. The lowest BCUT2D eigenvalue weighted by molar-refractivity contribution is 0.195. The number of benzene rings is 9. The molecular weight excluding hydrogens is 930 g/mol. The number of rotatable bonds is 6. The predicted octanol–water partition coefficient (Wildman–Crippen LogP) is 17.8. The second-order valence-electron chi connectivity index (χ2n) is 26.0. The van der Waals surface area contributed by atoms with Crippen LogP contribution in [0.1, 0.15) is 117 Å². The van der Waals surface area contributed by atoms with Crippen molar-refractivity contribution in [1.82, 2.24) is 0 Å². The largest absolute Gasteiger partial charge is 0.334 e. The number of anilines is 8. The minimum absolute atomic E-state index is 0.00360. The summed E-state index contributed by atoms with van der Waals surface area (Å²) in [6.07, 6.45) is 5.84. The van der Waals surface area contributed by atoms with E-state index in [9.17, 15) is 0 Å². The quantitative estimate of drug-likeness (QED) is 0.154. The summed E-state index contributed by atoms with van der Waals surface area (Å²) in [5, 5.41) is 0. The average Bonchev–Trinajstić information content (AvgIpc) is 3.89. The second-order valence-corrected chi connectivity index (χ2v) is 26.0. The van der Waals surface area contributed by atoms with E-state index in [0.29, 0.717) is 0 Å². The Morgan fingerprint density at radius 1 is 0.403 bits per heavy atom. The maximum atomic E-state index is 2.81. The van der Waals surface area contributed by atoms with Gasteiger partial charge in [-0.1, -0.05) is 214 Å². The molecule has 77 heavy (non-hydrogen) atoms. The number of nitrogens with zero attached hydrogens (tertiary/aromatic N) is 3. The molecule has 3 nitrogen and oxygen atoms in total. The smallest absolute Gasteiger partial charge is 0.252 e. The molecule has 3 heterocycles. The molecule has 1 saturated carbocycles. The van der Waals surface area contributed by atoms with Gasteiger partial charge in [0.2, 0.25) is 0 Å². The lowest BCUT2D eigenvalue weighted by Gasteiger charge is -2.51. The highest BCUT2D eigenvalue weighted by atomic mass is 15.3. The highest BCUT2D eigenvalue weighted by Crippen LogP contribution is 2.62. The first-order valence-corrected chi connectivity index (χ1v) is 28.5. The average molecular weight is 1000 g/mol. The summed E-state index contributed by atoms with van der Waals surface area (Å²) in [6, 6.07) is 77.1. The Morgan fingerprint density at radius 3 is 1.62 bits per heavy atom. The Bertz CT molecular complexity index is 3810. The summed E-state index contributed by atoms with van der Waals surface area (Å²) in [5.41, 5.74) is 26.9. The molecule has 14 rings (SSSR count). The van der Waals surface area contributed by atoms with Crippen molar-refractivity contribution >= 4 is 68.6 Å². The van der Waals surface area contributed by atoms with Gasteiger partial charge in [-0.3, -0.25) is 0 Å². The minimum atomic E-state index is -0.147.